The fourth-order valence-electron chi connectivity index (χ4n) is 2.30. The molecule has 3 heterocycles. The Balaban J connectivity index is 1.38. The molecule has 0 aliphatic rings. The van der Waals surface area contributed by atoms with Crippen molar-refractivity contribution in [2.24, 2.45) is 0 Å². The highest BCUT2D eigenvalue weighted by Crippen LogP contribution is 2.32. The van der Waals surface area contributed by atoms with Gasteiger partial charge in [-0.2, -0.15) is 0 Å². The van der Waals surface area contributed by atoms with Crippen molar-refractivity contribution in [3.8, 4) is 10.8 Å². The Morgan fingerprint density at radius 2 is 1.96 bits per heavy atom. The lowest BCUT2D eigenvalue weighted by molar-refractivity contribution is 0.466. The first-order valence-electron chi connectivity index (χ1n) is 7.84. The van der Waals surface area contributed by atoms with E-state index in [1.54, 1.807) is 22.7 Å². The van der Waals surface area contributed by atoms with Crippen LogP contribution in [0.15, 0.2) is 45.4 Å². The Morgan fingerprint density at radius 3 is 2.73 bits per heavy atom. The molecule has 3 aromatic heterocycles. The molecule has 0 radical (unpaired) electrons. The number of benzene rings is 1. The van der Waals surface area contributed by atoms with Crippen molar-refractivity contribution < 1.29 is 4.42 Å². The normalized spacial score (nSPS) is 11.0. The van der Waals surface area contributed by atoms with Gasteiger partial charge in [0.25, 0.3) is 11.1 Å². The van der Waals surface area contributed by atoms with Crippen LogP contribution in [0.1, 0.15) is 16.4 Å². The number of para-hydroxylation sites is 1. The molecule has 9 heteroatoms. The van der Waals surface area contributed by atoms with Crippen LogP contribution in [0.5, 0.6) is 0 Å². The number of hydrogen-bond acceptors (Lipinski definition) is 9. The lowest BCUT2D eigenvalue weighted by atomic mass is 10.3. The van der Waals surface area contributed by atoms with Gasteiger partial charge in [-0.1, -0.05) is 30.0 Å². The first-order chi connectivity index (χ1) is 12.7. The molecule has 26 heavy (non-hydrogen) atoms. The summed E-state index contributed by atoms with van der Waals surface area (Å²) >= 11 is 4.62. The zero-order chi connectivity index (χ0) is 17.9. The Kier molecular flexibility index (Phi) is 5.00. The summed E-state index contributed by atoms with van der Waals surface area (Å²) in [5, 5.41) is 16.0. The molecule has 6 nitrogen and oxygen atoms in total. The van der Waals surface area contributed by atoms with Crippen LogP contribution in [-0.2, 0) is 5.75 Å². The van der Waals surface area contributed by atoms with Gasteiger partial charge in [0.1, 0.15) is 4.88 Å². The standard InChI is InChI=1S/C17H15N5OS3/c1-10-14(26-11(2)18-10)15-21-22-17(23-15)25-9-13-8-24-16(20-13)19-12-6-4-3-5-7-12/h3-8H,9H2,1-2H3,(H,19,20). The average molecular weight is 402 g/mol. The highest BCUT2D eigenvalue weighted by Gasteiger charge is 2.15. The van der Waals surface area contributed by atoms with Crippen LogP contribution in [0.4, 0.5) is 10.8 Å². The van der Waals surface area contributed by atoms with E-state index >= 15 is 0 Å². The molecule has 4 rings (SSSR count). The maximum absolute atomic E-state index is 5.76. The van der Waals surface area contributed by atoms with E-state index < -0.39 is 0 Å². The first-order valence-corrected chi connectivity index (χ1v) is 10.5. The zero-order valence-electron chi connectivity index (χ0n) is 14.1. The molecule has 0 aliphatic heterocycles. The molecular formula is C17H15N5OS3. The van der Waals surface area contributed by atoms with Gasteiger partial charge < -0.3 is 9.73 Å². The number of nitrogens with zero attached hydrogens (tertiary/aromatic N) is 4. The number of rotatable bonds is 6. The quantitative estimate of drug-likeness (QED) is 0.439. The van der Waals surface area contributed by atoms with E-state index in [-0.39, 0.29) is 0 Å². The fourth-order valence-corrected chi connectivity index (χ4v) is 4.63. The monoisotopic (exact) mass is 401 g/mol. The van der Waals surface area contributed by atoms with Gasteiger partial charge in [0, 0.05) is 16.8 Å². The molecule has 1 N–H and O–H groups in total. The minimum Gasteiger partial charge on any atom is -0.410 e. The number of nitrogens with one attached hydrogen (secondary N) is 1. The van der Waals surface area contributed by atoms with Gasteiger partial charge in [-0.25, -0.2) is 9.97 Å². The number of hydrogen-bond donors (Lipinski definition) is 1. The minimum atomic E-state index is 0.528. The number of thioether (sulfide) groups is 1. The third-order valence-electron chi connectivity index (χ3n) is 3.42. The molecular weight excluding hydrogens is 386 g/mol. The molecule has 0 fully saturated rings. The Bertz CT molecular complexity index is 1010. The summed E-state index contributed by atoms with van der Waals surface area (Å²) in [6.07, 6.45) is 0. The van der Waals surface area contributed by atoms with Gasteiger partial charge >= 0.3 is 0 Å². The largest absolute Gasteiger partial charge is 0.410 e. The van der Waals surface area contributed by atoms with Crippen molar-refractivity contribution in [3.63, 3.8) is 0 Å². The van der Waals surface area contributed by atoms with Gasteiger partial charge in [-0.05, 0) is 26.0 Å². The van der Waals surface area contributed by atoms with E-state index in [0.29, 0.717) is 16.9 Å². The summed E-state index contributed by atoms with van der Waals surface area (Å²) in [5.41, 5.74) is 2.92. The predicted molar refractivity (Wildman–Crippen MR) is 106 cm³/mol. The Labute approximate surface area is 162 Å². The molecule has 0 atom stereocenters. The topological polar surface area (TPSA) is 76.7 Å². The van der Waals surface area contributed by atoms with Crippen LogP contribution < -0.4 is 5.32 Å². The highest BCUT2D eigenvalue weighted by atomic mass is 32.2. The molecule has 0 unspecified atom stereocenters. The van der Waals surface area contributed by atoms with E-state index in [0.717, 1.165) is 32.1 Å². The number of anilines is 2. The lowest BCUT2D eigenvalue weighted by Gasteiger charge is -2.00. The van der Waals surface area contributed by atoms with Crippen molar-refractivity contribution >= 4 is 45.3 Å². The third kappa shape index (κ3) is 3.95. The molecule has 4 aromatic rings. The first kappa shape index (κ1) is 17.2. The van der Waals surface area contributed by atoms with E-state index in [1.807, 2.05) is 49.6 Å². The predicted octanol–water partition coefficient (Wildman–Crippen LogP) is 5.30. The van der Waals surface area contributed by atoms with Gasteiger partial charge in [-0.3, -0.25) is 0 Å². The van der Waals surface area contributed by atoms with Gasteiger partial charge in [0.05, 0.1) is 16.4 Å². The molecule has 0 amide bonds. The van der Waals surface area contributed by atoms with Crippen molar-refractivity contribution in [2.75, 3.05) is 5.32 Å². The number of aromatic nitrogens is 4. The second-order valence-electron chi connectivity index (χ2n) is 5.44. The molecule has 0 aliphatic carbocycles. The molecule has 1 aromatic carbocycles. The second kappa shape index (κ2) is 7.56. The molecule has 0 saturated carbocycles. The van der Waals surface area contributed by atoms with Crippen molar-refractivity contribution in [2.45, 2.75) is 24.8 Å². The summed E-state index contributed by atoms with van der Waals surface area (Å²) in [7, 11) is 0. The van der Waals surface area contributed by atoms with Crippen LogP contribution in [0, 0.1) is 13.8 Å². The van der Waals surface area contributed by atoms with E-state index in [1.165, 1.54) is 11.8 Å². The summed E-state index contributed by atoms with van der Waals surface area (Å²) in [5.74, 6) is 1.20. The fraction of sp³-hybridized carbons (Fsp3) is 0.176. The maximum Gasteiger partial charge on any atom is 0.277 e. The summed E-state index contributed by atoms with van der Waals surface area (Å²) in [4.78, 5) is 9.92. The Morgan fingerprint density at radius 1 is 1.12 bits per heavy atom. The van der Waals surface area contributed by atoms with Crippen LogP contribution in [0.2, 0.25) is 0 Å². The van der Waals surface area contributed by atoms with Crippen LogP contribution in [-0.4, -0.2) is 20.2 Å². The number of thiazole rings is 2. The van der Waals surface area contributed by atoms with Crippen LogP contribution >= 0.6 is 34.4 Å². The summed E-state index contributed by atoms with van der Waals surface area (Å²) in [6.45, 7) is 3.92. The molecule has 0 spiro atoms. The average Bonchev–Trinajstić information content (AvgIpc) is 3.34. The van der Waals surface area contributed by atoms with E-state index in [4.69, 9.17) is 4.42 Å². The second-order valence-corrected chi connectivity index (χ2v) is 8.43. The summed E-state index contributed by atoms with van der Waals surface area (Å²) in [6, 6.07) is 10.00. The molecule has 0 bridgehead atoms. The highest BCUT2D eigenvalue weighted by molar-refractivity contribution is 7.98. The van der Waals surface area contributed by atoms with E-state index in [2.05, 4.69) is 25.5 Å². The van der Waals surface area contributed by atoms with Crippen LogP contribution in [0.25, 0.3) is 10.8 Å². The van der Waals surface area contributed by atoms with Crippen LogP contribution in [0.3, 0.4) is 0 Å². The van der Waals surface area contributed by atoms with Gasteiger partial charge in [0.2, 0.25) is 0 Å². The van der Waals surface area contributed by atoms with Crippen molar-refractivity contribution in [1.82, 2.24) is 20.2 Å². The molecule has 132 valence electrons. The van der Waals surface area contributed by atoms with Crippen molar-refractivity contribution in [1.29, 1.82) is 0 Å². The Hall–Kier alpha value is -2.23. The smallest absolute Gasteiger partial charge is 0.277 e. The zero-order valence-corrected chi connectivity index (χ0v) is 16.5. The third-order valence-corrected chi connectivity index (χ3v) is 6.14. The number of aryl methyl sites for hydroxylation is 2. The van der Waals surface area contributed by atoms with E-state index in [9.17, 15) is 0 Å². The molecule has 0 saturated heterocycles. The minimum absolute atomic E-state index is 0.528. The van der Waals surface area contributed by atoms with Gasteiger partial charge in [-0.15, -0.1) is 32.9 Å². The SMILES string of the molecule is Cc1nc(C)c(-c2nnc(SCc3csc(Nc4ccccc4)n3)o2)s1. The van der Waals surface area contributed by atoms with Crippen molar-refractivity contribution in [3.05, 3.63) is 52.1 Å². The lowest BCUT2D eigenvalue weighted by Crippen LogP contribution is -1.89. The van der Waals surface area contributed by atoms with Gasteiger partial charge in [0.15, 0.2) is 5.13 Å². The summed E-state index contributed by atoms with van der Waals surface area (Å²) < 4.78 is 5.76. The maximum atomic E-state index is 5.76.